The maximum Gasteiger partial charge on any atom is 0.145 e. The molecule has 0 N–H and O–H groups in total. The molecule has 76 heavy (non-hydrogen) atoms. The first kappa shape index (κ1) is 55.4. The molecule has 4 aromatic carbocycles. The molecule has 0 radical (unpaired) electrons. The summed E-state index contributed by atoms with van der Waals surface area (Å²) in [4.78, 5) is 2.46. The zero-order chi connectivity index (χ0) is 52.8. The lowest BCUT2D eigenvalue weighted by molar-refractivity contribution is 0.394. The van der Waals surface area contributed by atoms with Gasteiger partial charge in [0, 0.05) is 48.0 Å². The zero-order valence-corrected chi connectivity index (χ0v) is 50.8. The van der Waals surface area contributed by atoms with E-state index in [1.54, 1.807) is 16.9 Å². The minimum atomic E-state index is -0.179. The number of fused-ring (bicyclic) bond motifs is 12. The van der Waals surface area contributed by atoms with E-state index in [2.05, 4.69) is 77.9 Å². The predicted molar refractivity (Wildman–Crippen MR) is 332 cm³/mol. The summed E-state index contributed by atoms with van der Waals surface area (Å²) < 4.78 is 35.9. The average molecular weight is 1100 g/mol. The first-order valence-electron chi connectivity index (χ1n) is 30.1. The van der Waals surface area contributed by atoms with Crippen molar-refractivity contribution in [3.63, 3.8) is 0 Å². The number of aryl methyl sites for hydroxylation is 2. The molecular formula is C66H86N4O2S4. The Kier molecular flexibility index (Phi) is 18.2. The number of benzene rings is 4. The Bertz CT molecular complexity index is 3170. The smallest absolute Gasteiger partial charge is 0.145 e. The standard InChI is InChI=1S/C66H86N4O2S4/c1-9-13-17-21-25-29-33-65(34-30-26-22-18-14-10-2)50-40-46-51(39-45(50)55-52(65)37-43(5)57-59(55)69-75-67-57)66(35-31-27-23-19-15-11-3,36-32-28-24-20-16-12-4)53-41-47(58-60(56(46)53)70-76-68-58)54-42-49-62(72-8)63-48(38-44(6)73-63)61(71-7)64(49)74-54/h37-42H,9-36H2,1-8H3. The highest BCUT2D eigenvalue weighted by Crippen LogP contribution is 2.64. The Morgan fingerprint density at radius 2 is 0.776 bits per heavy atom. The van der Waals surface area contributed by atoms with E-state index in [0.29, 0.717) is 0 Å². The van der Waals surface area contributed by atoms with Gasteiger partial charge >= 0.3 is 0 Å². The van der Waals surface area contributed by atoms with Crippen molar-refractivity contribution < 1.29 is 9.47 Å². The van der Waals surface area contributed by atoms with E-state index >= 15 is 0 Å². The highest BCUT2D eigenvalue weighted by atomic mass is 32.1. The maximum atomic E-state index is 6.31. The summed E-state index contributed by atoms with van der Waals surface area (Å²) in [5, 5.41) is 2.24. The second-order valence-corrected chi connectivity index (χ2v) is 26.4. The lowest BCUT2D eigenvalue weighted by atomic mass is 9.68. The normalized spacial score (nSPS) is 14.2. The average Bonchev–Trinajstić information content (AvgIpc) is 4.43. The fourth-order valence-corrected chi connectivity index (χ4v) is 17.6. The molecule has 4 aromatic heterocycles. The van der Waals surface area contributed by atoms with Crippen molar-refractivity contribution >= 4 is 88.4 Å². The van der Waals surface area contributed by atoms with Gasteiger partial charge in [0.2, 0.25) is 0 Å². The third-order valence-corrected chi connectivity index (χ3v) is 21.3. The molecule has 0 spiro atoms. The van der Waals surface area contributed by atoms with Crippen molar-refractivity contribution in [1.29, 1.82) is 0 Å². The third-order valence-electron chi connectivity index (χ3n) is 18.0. The van der Waals surface area contributed by atoms with E-state index in [-0.39, 0.29) is 10.8 Å². The highest BCUT2D eigenvalue weighted by Gasteiger charge is 2.50. The minimum Gasteiger partial charge on any atom is -0.495 e. The van der Waals surface area contributed by atoms with Gasteiger partial charge in [0.25, 0.3) is 0 Å². The van der Waals surface area contributed by atoms with Crippen LogP contribution in [0.15, 0.2) is 36.4 Å². The van der Waals surface area contributed by atoms with Gasteiger partial charge in [-0.25, -0.2) is 0 Å². The largest absolute Gasteiger partial charge is 0.495 e. The van der Waals surface area contributed by atoms with Crippen LogP contribution in [0.1, 0.15) is 240 Å². The van der Waals surface area contributed by atoms with E-state index < -0.39 is 0 Å². The molecule has 10 rings (SSSR count). The van der Waals surface area contributed by atoms with Gasteiger partial charge in [-0.3, -0.25) is 0 Å². The lowest BCUT2D eigenvalue weighted by Gasteiger charge is -2.35. The Balaban J connectivity index is 1.21. The molecule has 10 heteroatoms. The summed E-state index contributed by atoms with van der Waals surface area (Å²) in [6.07, 6.45) is 35.6. The van der Waals surface area contributed by atoms with Crippen LogP contribution in [0.25, 0.3) is 74.9 Å². The summed E-state index contributed by atoms with van der Waals surface area (Å²) in [5.41, 5.74) is 18.2. The van der Waals surface area contributed by atoms with Crippen LogP contribution in [-0.2, 0) is 10.8 Å². The summed E-state index contributed by atoms with van der Waals surface area (Å²) in [7, 11) is 3.65. The van der Waals surface area contributed by atoms with Gasteiger partial charge in [-0.15, -0.1) is 22.7 Å². The Morgan fingerprint density at radius 1 is 0.395 bits per heavy atom. The Hall–Kier alpha value is -3.96. The van der Waals surface area contributed by atoms with Gasteiger partial charge in [0.1, 0.15) is 33.6 Å². The Morgan fingerprint density at radius 3 is 1.25 bits per heavy atom. The van der Waals surface area contributed by atoms with Crippen molar-refractivity contribution in [2.75, 3.05) is 14.2 Å². The van der Waals surface area contributed by atoms with Crippen LogP contribution in [0.5, 0.6) is 11.5 Å². The van der Waals surface area contributed by atoms with Crippen LogP contribution in [0.2, 0.25) is 0 Å². The number of aromatic nitrogens is 4. The van der Waals surface area contributed by atoms with Gasteiger partial charge in [-0.1, -0.05) is 188 Å². The van der Waals surface area contributed by atoms with E-state index in [1.807, 2.05) is 25.6 Å². The minimum absolute atomic E-state index is 0.0946. The number of nitrogens with zero attached hydrogens (tertiary/aromatic N) is 4. The number of hydrogen-bond acceptors (Lipinski definition) is 10. The fraction of sp³-hybridized carbons (Fsp3) is 0.576. The molecule has 0 bridgehead atoms. The molecule has 0 unspecified atom stereocenters. The van der Waals surface area contributed by atoms with Gasteiger partial charge in [0.05, 0.1) is 47.1 Å². The molecule has 406 valence electrons. The monoisotopic (exact) mass is 1090 g/mol. The number of unbranched alkanes of at least 4 members (excludes halogenated alkanes) is 20. The zero-order valence-electron chi connectivity index (χ0n) is 47.5. The molecule has 0 fully saturated rings. The van der Waals surface area contributed by atoms with Crippen molar-refractivity contribution in [2.24, 2.45) is 0 Å². The molecule has 0 saturated carbocycles. The molecule has 2 aliphatic rings. The second-order valence-electron chi connectivity index (χ2n) is 23.1. The summed E-state index contributed by atoms with van der Waals surface area (Å²) >= 11 is 6.40. The van der Waals surface area contributed by atoms with Crippen molar-refractivity contribution in [1.82, 2.24) is 17.5 Å². The molecule has 4 heterocycles. The van der Waals surface area contributed by atoms with E-state index in [4.69, 9.17) is 27.0 Å². The second kappa shape index (κ2) is 25.0. The van der Waals surface area contributed by atoms with Crippen LogP contribution < -0.4 is 9.47 Å². The number of thiophene rings is 2. The summed E-state index contributed by atoms with van der Waals surface area (Å²) in [6.45, 7) is 13.8. The van der Waals surface area contributed by atoms with Gasteiger partial charge in [-0.05, 0) is 109 Å². The first-order valence-corrected chi connectivity index (χ1v) is 33.2. The van der Waals surface area contributed by atoms with Crippen LogP contribution >= 0.6 is 46.1 Å². The van der Waals surface area contributed by atoms with Crippen LogP contribution in [-0.4, -0.2) is 31.7 Å². The third kappa shape index (κ3) is 10.3. The molecule has 2 aliphatic carbocycles. The van der Waals surface area contributed by atoms with Gasteiger partial charge in [0.15, 0.2) is 0 Å². The number of ether oxygens (including phenoxy) is 2. The molecule has 8 aromatic rings. The molecular weight excluding hydrogens is 1010 g/mol. The first-order chi connectivity index (χ1) is 37.3. The number of methoxy groups -OCH3 is 2. The summed E-state index contributed by atoms with van der Waals surface area (Å²) in [6, 6.07) is 15.4. The lowest BCUT2D eigenvalue weighted by Crippen LogP contribution is -2.27. The summed E-state index contributed by atoms with van der Waals surface area (Å²) in [5.74, 6) is 1.88. The highest BCUT2D eigenvalue weighted by molar-refractivity contribution is 7.23. The Labute approximate surface area is 471 Å². The van der Waals surface area contributed by atoms with E-state index in [1.165, 1.54) is 250 Å². The molecule has 0 amide bonds. The van der Waals surface area contributed by atoms with Crippen LogP contribution in [0, 0.1) is 13.8 Å². The topological polar surface area (TPSA) is 70.0 Å². The molecule has 6 nitrogen and oxygen atoms in total. The van der Waals surface area contributed by atoms with Crippen molar-refractivity contribution in [3.8, 4) is 44.2 Å². The van der Waals surface area contributed by atoms with E-state index in [0.717, 1.165) is 66.6 Å². The quantitative estimate of drug-likeness (QED) is 0.0403. The van der Waals surface area contributed by atoms with Crippen LogP contribution in [0.4, 0.5) is 0 Å². The van der Waals surface area contributed by atoms with Gasteiger partial charge in [-0.2, -0.15) is 17.5 Å². The maximum absolute atomic E-state index is 6.31. The molecule has 0 aliphatic heterocycles. The van der Waals surface area contributed by atoms with Gasteiger partial charge < -0.3 is 9.47 Å². The SMILES string of the molecule is CCCCCCCCC1(CCCCCCCC)c2cc3c(cc2-c2c1cc(C)c1nsnc21)C(CCCCCCCC)(CCCCCCCC)c1cc(-c2cc4c(OC)c5sc(C)cc5c(OC)c4s2)c2nsnc2c1-3. The number of hydrogen-bond donors (Lipinski definition) is 0. The molecule has 0 saturated heterocycles. The van der Waals surface area contributed by atoms with Crippen LogP contribution in [0.3, 0.4) is 0 Å². The van der Waals surface area contributed by atoms with Crippen molar-refractivity contribution in [2.45, 2.75) is 232 Å². The van der Waals surface area contributed by atoms with Crippen molar-refractivity contribution in [3.05, 3.63) is 69.1 Å². The predicted octanol–water partition coefficient (Wildman–Crippen LogP) is 22.0. The fourth-order valence-electron chi connectivity index (χ4n) is 14.1. The van der Waals surface area contributed by atoms with E-state index in [9.17, 15) is 0 Å². The number of rotatable bonds is 31. The molecule has 0 atom stereocenters.